The summed E-state index contributed by atoms with van der Waals surface area (Å²) in [5.74, 6) is -0.726. The number of aryl methyl sites for hydroxylation is 2. The van der Waals surface area contributed by atoms with E-state index in [2.05, 4.69) is 15.0 Å². The van der Waals surface area contributed by atoms with E-state index in [4.69, 9.17) is 11.6 Å². The van der Waals surface area contributed by atoms with Gasteiger partial charge in [-0.05, 0) is 19.9 Å². The second kappa shape index (κ2) is 6.93. The van der Waals surface area contributed by atoms with Crippen molar-refractivity contribution in [1.82, 2.24) is 4.98 Å². The Morgan fingerprint density at radius 2 is 2.17 bits per heavy atom. The van der Waals surface area contributed by atoms with Crippen LogP contribution in [-0.4, -0.2) is 23.0 Å². The third-order valence-corrected chi connectivity index (χ3v) is 4.37. The Morgan fingerprint density at radius 1 is 1.48 bits per heavy atom. The fourth-order valence-electron chi connectivity index (χ4n) is 2.04. The van der Waals surface area contributed by atoms with Crippen molar-refractivity contribution in [3.05, 3.63) is 48.4 Å². The number of hydrogen-bond donors (Lipinski definition) is 1. The van der Waals surface area contributed by atoms with Crippen molar-refractivity contribution in [1.29, 1.82) is 0 Å². The molecule has 0 amide bonds. The highest BCUT2D eigenvalue weighted by Crippen LogP contribution is 2.32. The molecule has 7 nitrogen and oxygen atoms in total. The van der Waals surface area contributed by atoms with Gasteiger partial charge in [0.2, 0.25) is 0 Å². The number of nitrogens with one attached hydrogen (secondary N) is 1. The molecule has 1 heterocycles. The number of aromatic nitrogens is 1. The predicted molar refractivity (Wildman–Crippen MR) is 88.4 cm³/mol. The average molecular weight is 356 g/mol. The molecule has 0 saturated heterocycles. The number of nitro groups is 1. The molecule has 122 valence electrons. The molecule has 1 aromatic carbocycles. The SMILES string of the molecule is COC(=O)c1cc([N+](=O)[O-])c(NCc2nc(C)sc2C)cc1Cl. The Morgan fingerprint density at radius 3 is 2.70 bits per heavy atom. The Labute approximate surface area is 141 Å². The predicted octanol–water partition coefficient (Wildman–Crippen LogP) is 3.72. The van der Waals surface area contributed by atoms with Crippen LogP contribution in [0.5, 0.6) is 0 Å². The van der Waals surface area contributed by atoms with Gasteiger partial charge in [-0.1, -0.05) is 11.6 Å². The standard InChI is InChI=1S/C14H14ClN3O4S/c1-7-12(17-8(2)23-7)6-16-11-5-10(15)9(14(19)22-3)4-13(11)18(20)21/h4-5,16H,6H2,1-3H3. The molecule has 0 unspecified atom stereocenters. The van der Waals surface area contributed by atoms with Crippen LogP contribution in [0.1, 0.15) is 25.9 Å². The highest BCUT2D eigenvalue weighted by Gasteiger charge is 2.22. The normalized spacial score (nSPS) is 10.4. The first-order valence-electron chi connectivity index (χ1n) is 6.56. The number of halogens is 1. The van der Waals surface area contributed by atoms with Crippen LogP contribution in [-0.2, 0) is 11.3 Å². The summed E-state index contributed by atoms with van der Waals surface area (Å²) < 4.78 is 4.56. The van der Waals surface area contributed by atoms with Gasteiger partial charge >= 0.3 is 5.97 Å². The lowest BCUT2D eigenvalue weighted by Gasteiger charge is -2.09. The molecule has 0 bridgehead atoms. The molecule has 2 rings (SSSR count). The highest BCUT2D eigenvalue weighted by molar-refractivity contribution is 7.11. The second-order valence-electron chi connectivity index (χ2n) is 4.69. The number of nitrogens with zero attached hydrogens (tertiary/aromatic N) is 2. The summed E-state index contributed by atoms with van der Waals surface area (Å²) in [6, 6.07) is 2.45. The molecule has 0 aliphatic rings. The van der Waals surface area contributed by atoms with Gasteiger partial charge in [0.25, 0.3) is 5.69 Å². The minimum Gasteiger partial charge on any atom is -0.465 e. The number of ether oxygens (including phenoxy) is 1. The molecule has 0 saturated carbocycles. The van der Waals surface area contributed by atoms with Crippen LogP contribution < -0.4 is 5.32 Å². The Bertz CT molecular complexity index is 776. The number of nitro benzene ring substituents is 1. The zero-order valence-corrected chi connectivity index (χ0v) is 14.2. The molecule has 23 heavy (non-hydrogen) atoms. The molecule has 1 aromatic heterocycles. The van der Waals surface area contributed by atoms with Crippen molar-refractivity contribution >= 4 is 40.3 Å². The molecule has 0 aliphatic heterocycles. The van der Waals surface area contributed by atoms with Crippen LogP contribution in [0.4, 0.5) is 11.4 Å². The quantitative estimate of drug-likeness (QED) is 0.499. The van der Waals surface area contributed by atoms with Crippen molar-refractivity contribution in [3.63, 3.8) is 0 Å². The summed E-state index contributed by atoms with van der Waals surface area (Å²) >= 11 is 7.57. The molecule has 0 fully saturated rings. The van der Waals surface area contributed by atoms with Crippen molar-refractivity contribution in [2.75, 3.05) is 12.4 Å². The van der Waals surface area contributed by atoms with Gasteiger partial charge < -0.3 is 10.1 Å². The van der Waals surface area contributed by atoms with E-state index in [9.17, 15) is 14.9 Å². The van der Waals surface area contributed by atoms with Gasteiger partial charge in [0.1, 0.15) is 5.69 Å². The Hall–Kier alpha value is -2.19. The molecule has 9 heteroatoms. The summed E-state index contributed by atoms with van der Waals surface area (Å²) in [6.07, 6.45) is 0. The summed E-state index contributed by atoms with van der Waals surface area (Å²) in [7, 11) is 1.18. The summed E-state index contributed by atoms with van der Waals surface area (Å²) in [5.41, 5.74) is 0.735. The molecule has 0 radical (unpaired) electrons. The fraction of sp³-hybridized carbons (Fsp3) is 0.286. The van der Waals surface area contributed by atoms with Gasteiger partial charge in [-0.25, -0.2) is 9.78 Å². The van der Waals surface area contributed by atoms with Crippen LogP contribution in [0, 0.1) is 24.0 Å². The Balaban J connectivity index is 2.34. The zero-order chi connectivity index (χ0) is 17.1. The number of benzene rings is 1. The van der Waals surface area contributed by atoms with Crippen LogP contribution in [0.25, 0.3) is 0 Å². The van der Waals surface area contributed by atoms with Crippen LogP contribution in [0.15, 0.2) is 12.1 Å². The maximum absolute atomic E-state index is 11.6. The van der Waals surface area contributed by atoms with Crippen LogP contribution >= 0.6 is 22.9 Å². The fourth-order valence-corrected chi connectivity index (χ4v) is 3.11. The second-order valence-corrected chi connectivity index (χ2v) is 6.50. The van der Waals surface area contributed by atoms with Crippen LogP contribution in [0.2, 0.25) is 5.02 Å². The van der Waals surface area contributed by atoms with E-state index in [-0.39, 0.29) is 22.0 Å². The first-order valence-corrected chi connectivity index (χ1v) is 7.76. The summed E-state index contributed by atoms with van der Waals surface area (Å²) in [6.45, 7) is 4.15. The van der Waals surface area contributed by atoms with Crippen molar-refractivity contribution in [2.24, 2.45) is 0 Å². The van der Waals surface area contributed by atoms with E-state index in [1.54, 1.807) is 11.3 Å². The summed E-state index contributed by atoms with van der Waals surface area (Å²) in [4.78, 5) is 27.6. The van der Waals surface area contributed by atoms with Crippen molar-refractivity contribution in [2.45, 2.75) is 20.4 Å². The zero-order valence-electron chi connectivity index (χ0n) is 12.7. The summed E-state index contributed by atoms with van der Waals surface area (Å²) in [5, 5.41) is 15.2. The first-order chi connectivity index (χ1) is 10.8. The molecule has 1 N–H and O–H groups in total. The number of thiazole rings is 1. The van der Waals surface area contributed by atoms with E-state index >= 15 is 0 Å². The van der Waals surface area contributed by atoms with Gasteiger partial charge in [0, 0.05) is 10.9 Å². The van der Waals surface area contributed by atoms with E-state index in [0.29, 0.717) is 6.54 Å². The van der Waals surface area contributed by atoms with Gasteiger partial charge in [-0.15, -0.1) is 11.3 Å². The average Bonchev–Trinajstić information content (AvgIpc) is 2.81. The maximum Gasteiger partial charge on any atom is 0.339 e. The van der Waals surface area contributed by atoms with Gasteiger partial charge in [-0.3, -0.25) is 10.1 Å². The molecular weight excluding hydrogens is 342 g/mol. The number of hydrogen-bond acceptors (Lipinski definition) is 7. The highest BCUT2D eigenvalue weighted by atomic mass is 35.5. The van der Waals surface area contributed by atoms with E-state index in [1.807, 2.05) is 13.8 Å². The third kappa shape index (κ3) is 3.77. The lowest BCUT2D eigenvalue weighted by Crippen LogP contribution is -2.07. The van der Waals surface area contributed by atoms with Crippen molar-refractivity contribution in [3.8, 4) is 0 Å². The lowest BCUT2D eigenvalue weighted by molar-refractivity contribution is -0.384. The van der Waals surface area contributed by atoms with E-state index in [1.165, 1.54) is 13.2 Å². The Kier molecular flexibility index (Phi) is 5.17. The molecule has 0 spiro atoms. The number of carbonyl (C=O) groups excluding carboxylic acids is 1. The van der Waals surface area contributed by atoms with Gasteiger partial charge in [0.05, 0.1) is 39.9 Å². The van der Waals surface area contributed by atoms with Crippen molar-refractivity contribution < 1.29 is 14.5 Å². The van der Waals surface area contributed by atoms with E-state index in [0.717, 1.165) is 21.6 Å². The molecule has 0 atom stereocenters. The number of carbonyl (C=O) groups is 1. The first kappa shape index (κ1) is 17.2. The number of anilines is 1. The minimum atomic E-state index is -0.726. The number of rotatable bonds is 5. The van der Waals surface area contributed by atoms with Crippen LogP contribution in [0.3, 0.4) is 0 Å². The maximum atomic E-state index is 11.6. The number of methoxy groups -OCH3 is 1. The lowest BCUT2D eigenvalue weighted by atomic mass is 10.1. The molecular formula is C14H14ClN3O4S. The minimum absolute atomic E-state index is 0.0490. The van der Waals surface area contributed by atoms with Gasteiger partial charge in [-0.2, -0.15) is 0 Å². The third-order valence-electron chi connectivity index (χ3n) is 3.13. The number of esters is 1. The smallest absolute Gasteiger partial charge is 0.339 e. The molecule has 2 aromatic rings. The van der Waals surface area contributed by atoms with E-state index < -0.39 is 10.9 Å². The topological polar surface area (TPSA) is 94.4 Å². The monoisotopic (exact) mass is 355 g/mol. The van der Waals surface area contributed by atoms with Gasteiger partial charge in [0.15, 0.2) is 0 Å². The largest absolute Gasteiger partial charge is 0.465 e. The molecule has 0 aliphatic carbocycles.